The minimum Gasteiger partial charge on any atom is -0.393 e. The van der Waals surface area contributed by atoms with Crippen LogP contribution < -0.4 is 5.73 Å². The largest absolute Gasteiger partial charge is 0.393 e. The molecule has 0 radical (unpaired) electrons. The summed E-state index contributed by atoms with van der Waals surface area (Å²) in [6.45, 7) is 0.670. The Morgan fingerprint density at radius 3 is 2.76 bits per heavy atom. The van der Waals surface area contributed by atoms with Crippen LogP contribution in [-0.2, 0) is 4.74 Å². The Hall–Kier alpha value is -2.22. The predicted molar refractivity (Wildman–Crippen MR) is 73.4 cm³/mol. The van der Waals surface area contributed by atoms with Gasteiger partial charge in [-0.3, -0.25) is 14.9 Å². The average Bonchev–Trinajstić information content (AvgIpc) is 3.25. The number of rotatable bonds is 6. The molecule has 2 rings (SSSR count). The predicted octanol–water partition coefficient (Wildman–Crippen LogP) is 1.57. The molecule has 0 bridgehead atoms. The molecule has 2 N–H and O–H groups in total. The molecule has 0 aromatic heterocycles. The van der Waals surface area contributed by atoms with E-state index in [1.54, 1.807) is 0 Å². The van der Waals surface area contributed by atoms with Gasteiger partial charge in [0.2, 0.25) is 0 Å². The highest BCUT2D eigenvalue weighted by Crippen LogP contribution is 2.32. The first-order valence-corrected chi connectivity index (χ1v) is 6.49. The van der Waals surface area contributed by atoms with Crippen LogP contribution in [0.15, 0.2) is 12.1 Å². The molecule has 8 heteroatoms. The van der Waals surface area contributed by atoms with Gasteiger partial charge in [-0.2, -0.15) is 0 Å². The molecular weight excluding hydrogens is 281 g/mol. The fraction of sp³-hybridized carbons (Fsp3) is 0.462. The van der Waals surface area contributed by atoms with Crippen LogP contribution in [0.1, 0.15) is 23.2 Å². The number of ether oxygens (including phenoxy) is 1. The molecule has 21 heavy (non-hydrogen) atoms. The van der Waals surface area contributed by atoms with E-state index in [1.165, 1.54) is 12.0 Å². The Morgan fingerprint density at radius 1 is 1.57 bits per heavy atom. The monoisotopic (exact) mass is 297 g/mol. The molecule has 0 unspecified atom stereocenters. The highest BCUT2D eigenvalue weighted by molar-refractivity contribution is 6.01. The van der Waals surface area contributed by atoms with Crippen molar-refractivity contribution in [3.63, 3.8) is 0 Å². The standard InChI is InChI=1S/C13H16FN3O4/c1-21-5-4-16(9-2-3-9)13(18)10-6-8(14)7-11(12(10)15)17(19)20/h6-7,9H,2-5,15H2,1H3. The number of anilines is 1. The number of carbonyl (C=O) groups is 1. The van der Waals surface area contributed by atoms with Crippen molar-refractivity contribution in [1.82, 2.24) is 4.90 Å². The number of halogens is 1. The number of benzene rings is 1. The summed E-state index contributed by atoms with van der Waals surface area (Å²) in [6.07, 6.45) is 1.71. The molecule has 0 saturated heterocycles. The molecule has 1 aliphatic carbocycles. The SMILES string of the molecule is COCCN(C(=O)c1cc(F)cc([N+](=O)[O-])c1N)C1CC1. The number of amides is 1. The lowest BCUT2D eigenvalue weighted by atomic mass is 10.1. The topological polar surface area (TPSA) is 98.7 Å². The van der Waals surface area contributed by atoms with E-state index in [0.29, 0.717) is 19.2 Å². The smallest absolute Gasteiger partial charge is 0.295 e. The molecule has 114 valence electrons. The van der Waals surface area contributed by atoms with Crippen molar-refractivity contribution >= 4 is 17.3 Å². The molecule has 1 fully saturated rings. The molecule has 1 aromatic carbocycles. The fourth-order valence-corrected chi connectivity index (χ4v) is 2.11. The van der Waals surface area contributed by atoms with Crippen LogP contribution in [0.5, 0.6) is 0 Å². The molecule has 0 atom stereocenters. The third-order valence-corrected chi connectivity index (χ3v) is 3.33. The molecular formula is C13H16FN3O4. The summed E-state index contributed by atoms with van der Waals surface area (Å²) in [5.41, 5.74) is 4.57. The van der Waals surface area contributed by atoms with Gasteiger partial charge in [-0.15, -0.1) is 0 Å². The van der Waals surface area contributed by atoms with Gasteiger partial charge in [0.15, 0.2) is 0 Å². The van der Waals surface area contributed by atoms with Crippen LogP contribution in [0.25, 0.3) is 0 Å². The minimum atomic E-state index is -0.860. The highest BCUT2D eigenvalue weighted by atomic mass is 19.1. The third-order valence-electron chi connectivity index (χ3n) is 3.33. The highest BCUT2D eigenvalue weighted by Gasteiger charge is 2.34. The second-order valence-corrected chi connectivity index (χ2v) is 4.87. The van der Waals surface area contributed by atoms with Crippen LogP contribution in [0.2, 0.25) is 0 Å². The third kappa shape index (κ3) is 3.27. The number of nitrogen functional groups attached to an aromatic ring is 1. The maximum atomic E-state index is 13.5. The van der Waals surface area contributed by atoms with Crippen molar-refractivity contribution in [1.29, 1.82) is 0 Å². The van der Waals surface area contributed by atoms with Crippen LogP contribution in [0, 0.1) is 15.9 Å². The van der Waals surface area contributed by atoms with Gasteiger partial charge in [-0.25, -0.2) is 4.39 Å². The Balaban J connectivity index is 2.35. The van der Waals surface area contributed by atoms with Gasteiger partial charge in [0.25, 0.3) is 11.6 Å². The van der Waals surface area contributed by atoms with Crippen molar-refractivity contribution in [2.45, 2.75) is 18.9 Å². The Bertz CT molecular complexity index is 575. The van der Waals surface area contributed by atoms with Gasteiger partial charge in [0, 0.05) is 19.7 Å². The fourth-order valence-electron chi connectivity index (χ4n) is 2.11. The van der Waals surface area contributed by atoms with E-state index >= 15 is 0 Å². The lowest BCUT2D eigenvalue weighted by molar-refractivity contribution is -0.384. The van der Waals surface area contributed by atoms with Gasteiger partial charge < -0.3 is 15.4 Å². The number of nitro groups is 1. The van der Waals surface area contributed by atoms with Crippen LogP contribution in [-0.4, -0.2) is 42.0 Å². The van der Waals surface area contributed by atoms with E-state index in [2.05, 4.69) is 0 Å². The zero-order chi connectivity index (χ0) is 15.6. The van der Waals surface area contributed by atoms with Crippen molar-refractivity contribution in [3.05, 3.63) is 33.6 Å². The van der Waals surface area contributed by atoms with Crippen LogP contribution in [0.4, 0.5) is 15.8 Å². The number of carbonyl (C=O) groups excluding carboxylic acids is 1. The summed E-state index contributed by atoms with van der Waals surface area (Å²) in [5.74, 6) is -1.36. The number of nitrogens with two attached hydrogens (primary N) is 1. The van der Waals surface area contributed by atoms with Crippen LogP contribution >= 0.6 is 0 Å². The Morgan fingerprint density at radius 2 is 2.24 bits per heavy atom. The molecule has 1 amide bonds. The first-order valence-electron chi connectivity index (χ1n) is 6.49. The van der Waals surface area contributed by atoms with Crippen molar-refractivity contribution in [3.8, 4) is 0 Å². The first-order chi connectivity index (χ1) is 9.95. The summed E-state index contributed by atoms with van der Waals surface area (Å²) >= 11 is 0. The minimum absolute atomic E-state index is 0.0642. The van der Waals surface area contributed by atoms with E-state index < -0.39 is 22.3 Å². The lowest BCUT2D eigenvalue weighted by Gasteiger charge is -2.22. The summed E-state index contributed by atoms with van der Waals surface area (Å²) in [7, 11) is 1.51. The summed E-state index contributed by atoms with van der Waals surface area (Å²) in [6, 6.07) is 1.71. The van der Waals surface area contributed by atoms with Gasteiger partial charge in [-0.05, 0) is 18.9 Å². The molecule has 0 heterocycles. The zero-order valence-corrected chi connectivity index (χ0v) is 11.5. The average molecular weight is 297 g/mol. The van der Waals surface area contributed by atoms with Gasteiger partial charge in [0.1, 0.15) is 11.5 Å². The van der Waals surface area contributed by atoms with E-state index in [4.69, 9.17) is 10.5 Å². The van der Waals surface area contributed by atoms with Gasteiger partial charge in [-0.1, -0.05) is 0 Å². The molecule has 0 spiro atoms. The molecule has 0 aliphatic heterocycles. The first kappa shape index (κ1) is 15.2. The normalized spacial score (nSPS) is 14.0. The molecule has 7 nitrogen and oxygen atoms in total. The zero-order valence-electron chi connectivity index (χ0n) is 11.5. The quantitative estimate of drug-likeness (QED) is 0.488. The number of hydrogen-bond acceptors (Lipinski definition) is 5. The maximum Gasteiger partial charge on any atom is 0.295 e. The summed E-state index contributed by atoms with van der Waals surface area (Å²) in [4.78, 5) is 24.1. The summed E-state index contributed by atoms with van der Waals surface area (Å²) < 4.78 is 18.4. The maximum absolute atomic E-state index is 13.5. The van der Waals surface area contributed by atoms with Crippen molar-refractivity contribution in [2.75, 3.05) is 26.0 Å². The Labute approximate surface area is 120 Å². The number of nitro benzene ring substituents is 1. The Kier molecular flexibility index (Phi) is 4.37. The number of nitrogens with zero attached hydrogens (tertiary/aromatic N) is 2. The molecule has 1 aliphatic rings. The van der Waals surface area contributed by atoms with Gasteiger partial charge in [0.05, 0.1) is 23.2 Å². The second kappa shape index (κ2) is 6.04. The number of hydrogen-bond donors (Lipinski definition) is 1. The van der Waals surface area contributed by atoms with Crippen molar-refractivity contribution in [2.24, 2.45) is 0 Å². The molecule has 1 aromatic rings. The van der Waals surface area contributed by atoms with Crippen LogP contribution in [0.3, 0.4) is 0 Å². The van der Waals surface area contributed by atoms with E-state index in [-0.39, 0.29) is 17.3 Å². The van der Waals surface area contributed by atoms with E-state index in [0.717, 1.165) is 18.9 Å². The van der Waals surface area contributed by atoms with E-state index in [1.807, 2.05) is 0 Å². The summed E-state index contributed by atoms with van der Waals surface area (Å²) in [5, 5.41) is 10.9. The second-order valence-electron chi connectivity index (χ2n) is 4.87. The number of methoxy groups -OCH3 is 1. The van der Waals surface area contributed by atoms with Gasteiger partial charge >= 0.3 is 0 Å². The lowest BCUT2D eigenvalue weighted by Crippen LogP contribution is -2.36. The van der Waals surface area contributed by atoms with E-state index in [9.17, 15) is 19.3 Å². The molecule has 1 saturated carbocycles. The van der Waals surface area contributed by atoms with Crippen molar-refractivity contribution < 1.29 is 18.8 Å².